The topological polar surface area (TPSA) is 24.1 Å². The van der Waals surface area contributed by atoms with Gasteiger partial charge in [0.15, 0.2) is 0 Å². The molecule has 2 N–H and O–H groups in total. The van der Waals surface area contributed by atoms with Crippen LogP contribution in [0.3, 0.4) is 0 Å². The lowest BCUT2D eigenvalue weighted by Gasteiger charge is -2.35. The Bertz CT molecular complexity index is 327. The van der Waals surface area contributed by atoms with Gasteiger partial charge < -0.3 is 10.6 Å². The highest BCUT2D eigenvalue weighted by Gasteiger charge is 2.26. The van der Waals surface area contributed by atoms with Crippen LogP contribution in [0.4, 0.5) is 0 Å². The molecule has 0 radical (unpaired) electrons. The van der Waals surface area contributed by atoms with Crippen molar-refractivity contribution in [2.75, 3.05) is 19.6 Å². The largest absolute Gasteiger partial charge is 0.315 e. The molecule has 3 rings (SSSR count). The van der Waals surface area contributed by atoms with E-state index < -0.39 is 0 Å². The lowest BCUT2D eigenvalue weighted by atomic mass is 9.76. The average Bonchev–Trinajstić information content (AvgIpc) is 2.55. The average molecular weight is 321 g/mol. The van der Waals surface area contributed by atoms with E-state index in [0.29, 0.717) is 12.0 Å². The van der Waals surface area contributed by atoms with Crippen LogP contribution in [0.1, 0.15) is 84.5 Å². The smallest absolute Gasteiger partial charge is 0.0130 e. The third kappa shape index (κ3) is 7.39. The van der Waals surface area contributed by atoms with Crippen molar-refractivity contribution in [3.63, 3.8) is 0 Å². The van der Waals surface area contributed by atoms with Crippen molar-refractivity contribution >= 4 is 0 Å². The predicted molar refractivity (Wildman–Crippen MR) is 102 cm³/mol. The number of hydrogen-bond acceptors (Lipinski definition) is 2. The van der Waals surface area contributed by atoms with Gasteiger partial charge >= 0.3 is 0 Å². The van der Waals surface area contributed by atoms with Crippen molar-refractivity contribution in [3.05, 3.63) is 11.6 Å². The van der Waals surface area contributed by atoms with E-state index in [9.17, 15) is 0 Å². The van der Waals surface area contributed by atoms with Crippen LogP contribution >= 0.6 is 0 Å². The van der Waals surface area contributed by atoms with Crippen LogP contribution in [0.25, 0.3) is 0 Å². The molecule has 0 spiro atoms. The van der Waals surface area contributed by atoms with E-state index in [0.717, 1.165) is 19.0 Å². The van der Waals surface area contributed by atoms with Crippen molar-refractivity contribution in [2.45, 2.75) is 90.5 Å². The van der Waals surface area contributed by atoms with Crippen molar-refractivity contribution in [1.29, 1.82) is 0 Å². The highest BCUT2D eigenvalue weighted by molar-refractivity contribution is 5.11. The maximum Gasteiger partial charge on any atom is 0.0130 e. The Kier molecular flexibility index (Phi) is 9.29. The van der Waals surface area contributed by atoms with E-state index >= 15 is 0 Å². The van der Waals surface area contributed by atoms with Crippen LogP contribution in [0.2, 0.25) is 0 Å². The zero-order valence-corrected chi connectivity index (χ0v) is 15.7. The second-order valence-corrected chi connectivity index (χ2v) is 7.94. The van der Waals surface area contributed by atoms with Gasteiger partial charge in [0.1, 0.15) is 0 Å². The Morgan fingerprint density at radius 1 is 0.957 bits per heavy atom. The minimum Gasteiger partial charge on any atom is -0.315 e. The van der Waals surface area contributed by atoms with Crippen molar-refractivity contribution in [3.8, 4) is 0 Å². The molecule has 1 saturated carbocycles. The number of allylic oxidation sites excluding steroid dienone is 1. The molecule has 2 atom stereocenters. The fraction of sp³-hybridized carbons (Fsp3) is 0.905. The minimum absolute atomic E-state index is 0.700. The van der Waals surface area contributed by atoms with Gasteiger partial charge in [0.2, 0.25) is 0 Å². The summed E-state index contributed by atoms with van der Waals surface area (Å²) < 4.78 is 0. The molecule has 23 heavy (non-hydrogen) atoms. The zero-order valence-electron chi connectivity index (χ0n) is 15.7. The van der Waals surface area contributed by atoms with Crippen LogP contribution in [0.5, 0.6) is 0 Å². The third-order valence-electron chi connectivity index (χ3n) is 5.88. The Balaban J connectivity index is 1.51. The maximum absolute atomic E-state index is 3.84. The molecule has 0 amide bonds. The van der Waals surface area contributed by atoms with Gasteiger partial charge in [-0.3, -0.25) is 0 Å². The summed E-state index contributed by atoms with van der Waals surface area (Å²) in [4.78, 5) is 0. The van der Waals surface area contributed by atoms with Gasteiger partial charge in [-0.15, -0.1) is 0 Å². The first-order valence-electron chi connectivity index (χ1n) is 10.4. The Labute approximate surface area is 144 Å². The lowest BCUT2D eigenvalue weighted by molar-refractivity contribution is 0.280. The van der Waals surface area contributed by atoms with Crippen molar-refractivity contribution in [2.24, 2.45) is 11.8 Å². The summed E-state index contributed by atoms with van der Waals surface area (Å²) in [6, 6.07) is 0.700. The summed E-state index contributed by atoms with van der Waals surface area (Å²) in [5.41, 5.74) is 1.74. The van der Waals surface area contributed by atoms with E-state index in [1.165, 1.54) is 77.2 Å². The van der Waals surface area contributed by atoms with Gasteiger partial charge in [-0.25, -0.2) is 0 Å². The molecule has 0 aromatic rings. The molecule has 0 aliphatic heterocycles. The van der Waals surface area contributed by atoms with Gasteiger partial charge in [-0.2, -0.15) is 0 Å². The number of fused-ring (bicyclic) bond motifs is 5. The fourth-order valence-electron chi connectivity index (χ4n) is 4.28. The Hall–Kier alpha value is -0.340. The number of nitrogens with one attached hydrogen (secondary N) is 2. The highest BCUT2D eigenvalue weighted by atomic mass is 15.0. The van der Waals surface area contributed by atoms with Crippen LogP contribution in [0, 0.1) is 11.8 Å². The van der Waals surface area contributed by atoms with Crippen molar-refractivity contribution < 1.29 is 0 Å². The molecule has 0 heterocycles. The fourth-order valence-corrected chi connectivity index (χ4v) is 4.28. The molecule has 1 fully saturated rings. The van der Waals surface area contributed by atoms with Crippen LogP contribution in [-0.4, -0.2) is 25.7 Å². The van der Waals surface area contributed by atoms with Gasteiger partial charge in [0.25, 0.3) is 0 Å². The minimum atomic E-state index is 0.700. The maximum atomic E-state index is 3.84. The van der Waals surface area contributed by atoms with Gasteiger partial charge in [0, 0.05) is 19.1 Å². The summed E-state index contributed by atoms with van der Waals surface area (Å²) in [6.07, 6.45) is 17.9. The van der Waals surface area contributed by atoms with Crippen LogP contribution < -0.4 is 10.6 Å². The third-order valence-corrected chi connectivity index (χ3v) is 5.88. The Morgan fingerprint density at radius 3 is 2.48 bits per heavy atom. The summed E-state index contributed by atoms with van der Waals surface area (Å²) in [7, 11) is 0. The van der Waals surface area contributed by atoms with E-state index in [2.05, 4.69) is 30.6 Å². The first-order valence-corrected chi connectivity index (χ1v) is 10.4. The Morgan fingerprint density at radius 2 is 1.70 bits per heavy atom. The molecule has 3 aliphatic rings. The van der Waals surface area contributed by atoms with Crippen molar-refractivity contribution in [1.82, 2.24) is 10.6 Å². The molecule has 2 heteroatoms. The second-order valence-electron chi connectivity index (χ2n) is 7.94. The summed E-state index contributed by atoms with van der Waals surface area (Å²) >= 11 is 0. The highest BCUT2D eigenvalue weighted by Crippen LogP contribution is 2.36. The summed E-state index contributed by atoms with van der Waals surface area (Å²) in [5.74, 6) is 1.69. The normalized spacial score (nSPS) is 27.6. The quantitative estimate of drug-likeness (QED) is 0.411. The molecule has 2 unspecified atom stereocenters. The van der Waals surface area contributed by atoms with Gasteiger partial charge in [0.05, 0.1) is 0 Å². The number of unbranched alkanes of at least 4 members (excludes halogenated alkanes) is 5. The number of hydrogen-bond donors (Lipinski definition) is 2. The summed E-state index contributed by atoms with van der Waals surface area (Å²) in [5, 5.41) is 7.45. The first kappa shape index (κ1) is 19.0. The van der Waals surface area contributed by atoms with Gasteiger partial charge in [-0.1, -0.05) is 57.6 Å². The monoisotopic (exact) mass is 320 g/mol. The molecule has 0 aromatic carbocycles. The van der Waals surface area contributed by atoms with E-state index in [1.807, 2.05) is 0 Å². The van der Waals surface area contributed by atoms with E-state index in [1.54, 1.807) is 5.57 Å². The predicted octanol–water partition coefficient (Wildman–Crippen LogP) is 5.05. The molecule has 134 valence electrons. The van der Waals surface area contributed by atoms with Crippen LogP contribution in [0.15, 0.2) is 11.6 Å². The SMILES string of the molecule is CCCCCCCCNCCNC1CC2CCC(=CC1C)CC2. The first-order chi connectivity index (χ1) is 11.3. The van der Waals surface area contributed by atoms with E-state index in [-0.39, 0.29) is 0 Å². The van der Waals surface area contributed by atoms with Crippen LogP contribution in [-0.2, 0) is 0 Å². The molecular formula is C21H40N2. The molecule has 2 bridgehead atoms. The molecule has 2 nitrogen and oxygen atoms in total. The molecular weight excluding hydrogens is 280 g/mol. The molecule has 3 aliphatic carbocycles. The molecule has 0 saturated heterocycles. The molecule has 0 aromatic heterocycles. The summed E-state index contributed by atoms with van der Waals surface area (Å²) in [6.45, 7) is 8.14. The number of rotatable bonds is 11. The van der Waals surface area contributed by atoms with E-state index in [4.69, 9.17) is 0 Å². The van der Waals surface area contributed by atoms with Gasteiger partial charge in [-0.05, 0) is 56.9 Å². The standard InChI is InChI=1S/C21H40N2/c1-3-4-5-6-7-8-13-22-14-15-23-21-17-20-11-9-19(10-12-20)16-18(21)2/h16,18,20-23H,3-15,17H2,1-2H3. The second kappa shape index (κ2) is 11.3. The lowest BCUT2D eigenvalue weighted by Crippen LogP contribution is -2.41. The zero-order chi connectivity index (χ0) is 16.3.